The van der Waals surface area contributed by atoms with Crippen LogP contribution in [0, 0.1) is 0 Å². The highest BCUT2D eigenvalue weighted by Gasteiger charge is 2.17. The quantitative estimate of drug-likeness (QED) is 0.700. The Balaban J connectivity index is 1.57. The lowest BCUT2D eigenvalue weighted by Gasteiger charge is -2.24. The Morgan fingerprint density at radius 2 is 1.83 bits per heavy atom. The topological polar surface area (TPSA) is 59.2 Å². The van der Waals surface area contributed by atoms with Crippen LogP contribution in [0.2, 0.25) is 0 Å². The van der Waals surface area contributed by atoms with Crippen molar-refractivity contribution in [1.82, 2.24) is 15.1 Å². The van der Waals surface area contributed by atoms with Gasteiger partial charge in [0.15, 0.2) is 0 Å². The number of carbonyl (C=O) groups excluding carboxylic acids is 1. The molecule has 0 saturated carbocycles. The highest BCUT2D eigenvalue weighted by atomic mass is 79.9. The van der Waals surface area contributed by atoms with E-state index in [0.29, 0.717) is 16.9 Å². The normalized spacial score (nSPS) is 15.8. The maximum atomic E-state index is 12.4. The molecule has 5 nitrogen and oxygen atoms in total. The summed E-state index contributed by atoms with van der Waals surface area (Å²) in [6.45, 7) is 1.73. The highest BCUT2D eigenvalue weighted by molar-refractivity contribution is 9.10. The van der Waals surface area contributed by atoms with Gasteiger partial charge in [0.2, 0.25) is 11.8 Å². The number of rotatable bonds is 4. The SMILES string of the molecule is O=C(CSc1nnc(-c2ccccc2Br)o1)N1CCCCCCC1. The van der Waals surface area contributed by atoms with Gasteiger partial charge in [-0.2, -0.15) is 0 Å². The molecular weight excluding hydrogens is 390 g/mol. The molecule has 0 radical (unpaired) electrons. The summed E-state index contributed by atoms with van der Waals surface area (Å²) in [4.78, 5) is 14.3. The fourth-order valence-corrected chi connectivity index (χ4v) is 3.84. The molecule has 3 rings (SSSR count). The van der Waals surface area contributed by atoms with Crippen LogP contribution in [0.15, 0.2) is 38.4 Å². The van der Waals surface area contributed by atoms with Crippen molar-refractivity contribution in [3.63, 3.8) is 0 Å². The smallest absolute Gasteiger partial charge is 0.277 e. The lowest BCUT2D eigenvalue weighted by Crippen LogP contribution is -2.35. The predicted octanol–water partition coefficient (Wildman–Crippen LogP) is 4.38. The molecule has 1 aromatic heterocycles. The average Bonchev–Trinajstić information content (AvgIpc) is 3.01. The molecule has 128 valence electrons. The van der Waals surface area contributed by atoms with E-state index < -0.39 is 0 Å². The molecule has 1 aromatic carbocycles. The Morgan fingerprint density at radius 1 is 1.12 bits per heavy atom. The molecule has 1 aliphatic rings. The second-order valence-corrected chi connectivity index (χ2v) is 7.57. The van der Waals surface area contributed by atoms with Crippen molar-refractivity contribution in [3.05, 3.63) is 28.7 Å². The number of likely N-dealkylation sites (tertiary alicyclic amines) is 1. The third-order valence-corrected chi connectivity index (χ3v) is 5.53. The van der Waals surface area contributed by atoms with Gasteiger partial charge in [0.1, 0.15) is 0 Å². The van der Waals surface area contributed by atoms with Crippen LogP contribution in [0.4, 0.5) is 0 Å². The third kappa shape index (κ3) is 4.60. The van der Waals surface area contributed by atoms with Crippen molar-refractivity contribution in [2.75, 3.05) is 18.8 Å². The lowest BCUT2D eigenvalue weighted by atomic mass is 10.1. The number of hydrogen-bond acceptors (Lipinski definition) is 5. The van der Waals surface area contributed by atoms with E-state index in [9.17, 15) is 4.79 Å². The van der Waals surface area contributed by atoms with Gasteiger partial charge in [0.05, 0.1) is 11.3 Å². The molecule has 0 spiro atoms. The predicted molar refractivity (Wildman–Crippen MR) is 97.8 cm³/mol. The van der Waals surface area contributed by atoms with Crippen LogP contribution in [-0.4, -0.2) is 39.8 Å². The first-order valence-electron chi connectivity index (χ1n) is 8.23. The molecular formula is C17H20BrN3O2S. The zero-order valence-corrected chi connectivity index (χ0v) is 15.8. The Labute approximate surface area is 154 Å². The number of halogens is 1. The van der Waals surface area contributed by atoms with Gasteiger partial charge < -0.3 is 9.32 Å². The van der Waals surface area contributed by atoms with Crippen LogP contribution in [-0.2, 0) is 4.79 Å². The van der Waals surface area contributed by atoms with Gasteiger partial charge in [-0.25, -0.2) is 0 Å². The molecule has 0 unspecified atom stereocenters. The van der Waals surface area contributed by atoms with Crippen molar-refractivity contribution < 1.29 is 9.21 Å². The van der Waals surface area contributed by atoms with E-state index in [1.165, 1.54) is 31.0 Å². The van der Waals surface area contributed by atoms with E-state index in [0.717, 1.165) is 36.0 Å². The largest absolute Gasteiger partial charge is 0.411 e. The van der Waals surface area contributed by atoms with Gasteiger partial charge in [-0.15, -0.1) is 10.2 Å². The maximum absolute atomic E-state index is 12.4. The van der Waals surface area contributed by atoms with Crippen LogP contribution in [0.3, 0.4) is 0 Å². The van der Waals surface area contributed by atoms with Gasteiger partial charge >= 0.3 is 0 Å². The maximum Gasteiger partial charge on any atom is 0.277 e. The Morgan fingerprint density at radius 3 is 2.58 bits per heavy atom. The Kier molecular flexibility index (Phi) is 6.31. The van der Waals surface area contributed by atoms with Crippen LogP contribution in [0.1, 0.15) is 32.1 Å². The summed E-state index contributed by atoms with van der Waals surface area (Å²) < 4.78 is 6.58. The molecule has 2 heterocycles. The minimum absolute atomic E-state index is 0.155. The fourth-order valence-electron chi connectivity index (χ4n) is 2.72. The highest BCUT2D eigenvalue weighted by Crippen LogP contribution is 2.29. The summed E-state index contributed by atoms with van der Waals surface area (Å²) in [6.07, 6.45) is 5.93. The number of amides is 1. The summed E-state index contributed by atoms with van der Waals surface area (Å²) >= 11 is 4.78. The summed E-state index contributed by atoms with van der Waals surface area (Å²) in [6, 6.07) is 7.69. The lowest BCUT2D eigenvalue weighted by molar-refractivity contribution is -0.128. The first-order valence-corrected chi connectivity index (χ1v) is 10.0. The standard InChI is InChI=1S/C17H20BrN3O2S/c18-14-9-5-4-8-13(14)16-19-20-17(23-16)24-12-15(22)21-10-6-2-1-3-7-11-21/h4-5,8-9H,1-3,6-7,10-12H2. The summed E-state index contributed by atoms with van der Waals surface area (Å²) in [5, 5.41) is 8.54. The van der Waals surface area contributed by atoms with E-state index in [-0.39, 0.29) is 5.91 Å². The van der Waals surface area contributed by atoms with Gasteiger partial charge in [0.25, 0.3) is 5.22 Å². The van der Waals surface area contributed by atoms with E-state index >= 15 is 0 Å². The van der Waals surface area contributed by atoms with Crippen LogP contribution in [0.25, 0.3) is 11.5 Å². The van der Waals surface area contributed by atoms with Crippen molar-refractivity contribution in [2.24, 2.45) is 0 Å². The molecule has 0 N–H and O–H groups in total. The Bertz CT molecular complexity index is 684. The number of benzene rings is 1. The molecule has 0 bridgehead atoms. The molecule has 0 aliphatic carbocycles. The van der Waals surface area contributed by atoms with Gasteiger partial charge in [-0.3, -0.25) is 4.79 Å². The fraction of sp³-hybridized carbons (Fsp3) is 0.471. The molecule has 7 heteroatoms. The van der Waals surface area contributed by atoms with Crippen LogP contribution < -0.4 is 0 Å². The second-order valence-electron chi connectivity index (χ2n) is 5.79. The first kappa shape index (κ1) is 17.5. The zero-order chi connectivity index (χ0) is 16.8. The summed E-state index contributed by atoms with van der Waals surface area (Å²) in [5.41, 5.74) is 0.854. The van der Waals surface area contributed by atoms with E-state index in [1.807, 2.05) is 29.2 Å². The first-order chi connectivity index (χ1) is 11.7. The third-order valence-electron chi connectivity index (χ3n) is 4.04. The summed E-state index contributed by atoms with van der Waals surface area (Å²) in [5.74, 6) is 0.962. The minimum Gasteiger partial charge on any atom is -0.411 e. The van der Waals surface area contributed by atoms with Gasteiger partial charge in [-0.1, -0.05) is 43.2 Å². The Hall–Kier alpha value is -1.34. The molecule has 0 atom stereocenters. The van der Waals surface area contributed by atoms with Crippen molar-refractivity contribution in [2.45, 2.75) is 37.3 Å². The monoisotopic (exact) mass is 409 g/mol. The average molecular weight is 410 g/mol. The number of aromatic nitrogens is 2. The van der Waals surface area contributed by atoms with Crippen LogP contribution >= 0.6 is 27.7 Å². The number of thioether (sulfide) groups is 1. The van der Waals surface area contributed by atoms with Gasteiger partial charge in [0, 0.05) is 17.6 Å². The van der Waals surface area contributed by atoms with Crippen molar-refractivity contribution in [3.8, 4) is 11.5 Å². The molecule has 1 fully saturated rings. The molecule has 1 aliphatic heterocycles. The van der Waals surface area contributed by atoms with Crippen LogP contribution in [0.5, 0.6) is 0 Å². The number of hydrogen-bond donors (Lipinski definition) is 0. The molecule has 1 saturated heterocycles. The van der Waals surface area contributed by atoms with E-state index in [1.54, 1.807) is 0 Å². The minimum atomic E-state index is 0.155. The molecule has 1 amide bonds. The van der Waals surface area contributed by atoms with E-state index in [4.69, 9.17) is 4.42 Å². The number of carbonyl (C=O) groups is 1. The molecule has 24 heavy (non-hydrogen) atoms. The zero-order valence-electron chi connectivity index (χ0n) is 13.4. The van der Waals surface area contributed by atoms with Crippen molar-refractivity contribution in [1.29, 1.82) is 0 Å². The van der Waals surface area contributed by atoms with Gasteiger partial charge in [-0.05, 0) is 40.9 Å². The molecule has 2 aromatic rings. The second kappa shape index (κ2) is 8.67. The van der Waals surface area contributed by atoms with Crippen molar-refractivity contribution >= 4 is 33.6 Å². The number of nitrogens with zero attached hydrogens (tertiary/aromatic N) is 3. The van der Waals surface area contributed by atoms with E-state index in [2.05, 4.69) is 26.1 Å². The summed E-state index contributed by atoms with van der Waals surface area (Å²) in [7, 11) is 0.